The number of carbonyl (C=O) groups excluding carboxylic acids is 2. The molecule has 2 amide bonds. The Kier molecular flexibility index (Phi) is 6.98. The summed E-state index contributed by atoms with van der Waals surface area (Å²) in [5.74, 6) is 0.180. The molecule has 0 unspecified atom stereocenters. The molecule has 0 atom stereocenters. The molecule has 0 aliphatic carbocycles. The second-order valence-electron chi connectivity index (χ2n) is 5.81. The van der Waals surface area contributed by atoms with Crippen molar-refractivity contribution in [2.75, 3.05) is 16.4 Å². The second-order valence-corrected chi connectivity index (χ2v) is 7.70. The fourth-order valence-corrected chi connectivity index (χ4v) is 3.69. The number of halogens is 2. The van der Waals surface area contributed by atoms with Gasteiger partial charge in [0.05, 0.1) is 10.8 Å². The summed E-state index contributed by atoms with van der Waals surface area (Å²) in [5, 5.41) is 6.36. The van der Waals surface area contributed by atoms with Crippen molar-refractivity contribution in [2.24, 2.45) is 0 Å². The van der Waals surface area contributed by atoms with E-state index in [0.717, 1.165) is 4.90 Å². The number of hydrogen-bond acceptors (Lipinski definition) is 3. The standard InChI is InChI=1S/C21H16Cl2N2O2S/c22-14-6-11-18(19(23)12-14)20(26)13-28-17-9-7-16(8-10-17)25-21(27)24-15-4-2-1-3-5-15/h1-12H,13H2,(H2,24,25,27). The van der Waals surface area contributed by atoms with Gasteiger partial charge in [0.1, 0.15) is 0 Å². The number of Topliss-reactive ketones (excluding diaryl/α,β-unsaturated/α-hetero) is 1. The molecule has 2 N–H and O–H groups in total. The molecule has 3 aromatic rings. The fraction of sp³-hybridized carbons (Fsp3) is 0.0476. The average Bonchev–Trinajstić information content (AvgIpc) is 2.68. The predicted molar refractivity (Wildman–Crippen MR) is 117 cm³/mol. The third-order valence-corrected chi connectivity index (χ3v) is 5.31. The van der Waals surface area contributed by atoms with Crippen LogP contribution in [0, 0.1) is 0 Å². The van der Waals surface area contributed by atoms with Gasteiger partial charge in [0.25, 0.3) is 0 Å². The minimum Gasteiger partial charge on any atom is -0.308 e. The summed E-state index contributed by atoms with van der Waals surface area (Å²) in [5.41, 5.74) is 1.82. The van der Waals surface area contributed by atoms with Crippen LogP contribution in [0.5, 0.6) is 0 Å². The molecule has 142 valence electrons. The largest absolute Gasteiger partial charge is 0.323 e. The number of para-hydroxylation sites is 1. The van der Waals surface area contributed by atoms with E-state index in [0.29, 0.717) is 27.0 Å². The molecule has 0 aliphatic heterocycles. The minimum absolute atomic E-state index is 0.0730. The lowest BCUT2D eigenvalue weighted by atomic mass is 10.1. The number of benzene rings is 3. The van der Waals surface area contributed by atoms with Crippen molar-refractivity contribution in [1.29, 1.82) is 0 Å². The highest BCUT2D eigenvalue weighted by molar-refractivity contribution is 8.00. The van der Waals surface area contributed by atoms with Crippen molar-refractivity contribution in [3.05, 3.63) is 88.4 Å². The first-order valence-corrected chi connectivity index (χ1v) is 10.1. The Balaban J connectivity index is 1.52. The van der Waals surface area contributed by atoms with Crippen LogP contribution in [0.2, 0.25) is 10.0 Å². The van der Waals surface area contributed by atoms with Crippen molar-refractivity contribution in [2.45, 2.75) is 4.90 Å². The highest BCUT2D eigenvalue weighted by Crippen LogP contribution is 2.25. The summed E-state index contributed by atoms with van der Waals surface area (Å²) in [6.45, 7) is 0. The number of hydrogen-bond donors (Lipinski definition) is 2. The number of ketones is 1. The molecule has 0 fully saturated rings. The first-order chi connectivity index (χ1) is 13.5. The number of rotatable bonds is 6. The number of carbonyl (C=O) groups is 2. The second kappa shape index (κ2) is 9.64. The van der Waals surface area contributed by atoms with Crippen molar-refractivity contribution in [1.82, 2.24) is 0 Å². The van der Waals surface area contributed by atoms with Gasteiger partial charge < -0.3 is 10.6 Å². The van der Waals surface area contributed by atoms with Crippen LogP contribution in [-0.4, -0.2) is 17.6 Å². The Morgan fingerprint density at radius 2 is 1.46 bits per heavy atom. The van der Waals surface area contributed by atoms with Crippen molar-refractivity contribution >= 4 is 58.2 Å². The zero-order valence-corrected chi connectivity index (χ0v) is 16.9. The van der Waals surface area contributed by atoms with Crippen molar-refractivity contribution < 1.29 is 9.59 Å². The van der Waals surface area contributed by atoms with Crippen molar-refractivity contribution in [3.63, 3.8) is 0 Å². The molecule has 0 aromatic heterocycles. The summed E-state index contributed by atoms with van der Waals surface area (Å²) in [6, 6.07) is 21.0. The third kappa shape index (κ3) is 5.76. The van der Waals surface area contributed by atoms with E-state index in [1.54, 1.807) is 30.3 Å². The summed E-state index contributed by atoms with van der Waals surface area (Å²) in [6.07, 6.45) is 0. The molecule has 3 rings (SSSR count). The van der Waals surface area contributed by atoms with E-state index in [9.17, 15) is 9.59 Å². The maximum absolute atomic E-state index is 12.3. The first kappa shape index (κ1) is 20.3. The molecule has 0 radical (unpaired) electrons. The number of anilines is 2. The van der Waals surface area contributed by atoms with Crippen LogP contribution in [0.1, 0.15) is 10.4 Å². The van der Waals surface area contributed by atoms with Crippen LogP contribution in [0.4, 0.5) is 16.2 Å². The topological polar surface area (TPSA) is 58.2 Å². The van der Waals surface area contributed by atoms with Crippen LogP contribution < -0.4 is 10.6 Å². The Morgan fingerprint density at radius 3 is 2.11 bits per heavy atom. The van der Waals surface area contributed by atoms with Crippen LogP contribution in [-0.2, 0) is 0 Å². The Bertz CT molecular complexity index is 979. The lowest BCUT2D eigenvalue weighted by Gasteiger charge is -2.08. The smallest absolute Gasteiger partial charge is 0.308 e. The fourth-order valence-electron chi connectivity index (χ4n) is 2.39. The molecule has 4 nitrogen and oxygen atoms in total. The third-order valence-electron chi connectivity index (χ3n) is 3.75. The summed E-state index contributed by atoms with van der Waals surface area (Å²) in [4.78, 5) is 25.2. The monoisotopic (exact) mass is 430 g/mol. The van der Waals surface area contributed by atoms with Gasteiger partial charge in [-0.15, -0.1) is 11.8 Å². The molecule has 0 saturated heterocycles. The van der Waals surface area contributed by atoms with E-state index in [1.165, 1.54) is 11.8 Å². The molecule has 0 spiro atoms. The van der Waals surface area contributed by atoms with Crippen molar-refractivity contribution in [3.8, 4) is 0 Å². The predicted octanol–water partition coefficient (Wildman–Crippen LogP) is 6.61. The Morgan fingerprint density at radius 1 is 0.821 bits per heavy atom. The van der Waals surface area contributed by atoms with Gasteiger partial charge in [0, 0.05) is 26.9 Å². The summed E-state index contributed by atoms with van der Waals surface area (Å²) < 4.78 is 0. The van der Waals surface area contributed by atoms with Gasteiger partial charge in [-0.1, -0.05) is 41.4 Å². The maximum Gasteiger partial charge on any atom is 0.323 e. The van der Waals surface area contributed by atoms with Crippen LogP contribution in [0.25, 0.3) is 0 Å². The van der Waals surface area contributed by atoms with Gasteiger partial charge in [-0.2, -0.15) is 0 Å². The van der Waals surface area contributed by atoms with Gasteiger partial charge in [0.15, 0.2) is 5.78 Å². The van der Waals surface area contributed by atoms with Gasteiger partial charge in [-0.05, 0) is 54.6 Å². The van der Waals surface area contributed by atoms with Gasteiger partial charge in [-0.25, -0.2) is 4.79 Å². The van der Waals surface area contributed by atoms with Gasteiger partial charge >= 0.3 is 6.03 Å². The normalized spacial score (nSPS) is 10.4. The zero-order valence-electron chi connectivity index (χ0n) is 14.6. The number of urea groups is 1. The minimum atomic E-state index is -0.320. The van der Waals surface area contributed by atoms with E-state index < -0.39 is 0 Å². The summed E-state index contributed by atoms with van der Waals surface area (Å²) in [7, 11) is 0. The molecule has 0 heterocycles. The highest BCUT2D eigenvalue weighted by Gasteiger charge is 2.11. The van der Waals surface area contributed by atoms with Crippen LogP contribution >= 0.6 is 35.0 Å². The molecule has 7 heteroatoms. The molecule has 0 aliphatic rings. The number of thioether (sulfide) groups is 1. The molecular formula is C21H16Cl2N2O2S. The first-order valence-electron chi connectivity index (χ1n) is 8.35. The van der Waals surface area contributed by atoms with E-state index >= 15 is 0 Å². The Labute approximate surface area is 177 Å². The molecule has 28 heavy (non-hydrogen) atoms. The lowest BCUT2D eigenvalue weighted by Crippen LogP contribution is -2.19. The molecular weight excluding hydrogens is 415 g/mol. The highest BCUT2D eigenvalue weighted by atomic mass is 35.5. The maximum atomic E-state index is 12.3. The zero-order chi connectivity index (χ0) is 19.9. The van der Waals surface area contributed by atoms with E-state index in [4.69, 9.17) is 23.2 Å². The van der Waals surface area contributed by atoms with Gasteiger partial charge in [-0.3, -0.25) is 4.79 Å². The molecule has 0 bridgehead atoms. The molecule has 3 aromatic carbocycles. The lowest BCUT2D eigenvalue weighted by molar-refractivity contribution is 0.102. The number of amides is 2. The van der Waals surface area contributed by atoms with E-state index in [-0.39, 0.29) is 17.6 Å². The quantitative estimate of drug-likeness (QED) is 0.341. The Hall–Kier alpha value is -2.47. The number of nitrogens with one attached hydrogen (secondary N) is 2. The van der Waals surface area contributed by atoms with Crippen LogP contribution in [0.15, 0.2) is 77.7 Å². The SMILES string of the molecule is O=C(Nc1ccccc1)Nc1ccc(SCC(=O)c2ccc(Cl)cc2Cl)cc1. The van der Waals surface area contributed by atoms with Gasteiger partial charge in [0.2, 0.25) is 0 Å². The van der Waals surface area contributed by atoms with Crippen LogP contribution in [0.3, 0.4) is 0 Å². The molecule has 0 saturated carbocycles. The summed E-state index contributed by atoms with van der Waals surface area (Å²) >= 11 is 13.3. The average molecular weight is 431 g/mol. The van der Waals surface area contributed by atoms with E-state index in [1.807, 2.05) is 42.5 Å². The van der Waals surface area contributed by atoms with E-state index in [2.05, 4.69) is 10.6 Å².